The lowest BCUT2D eigenvalue weighted by molar-refractivity contribution is -0.121. The number of carbonyl (C=O) groups is 2. The van der Waals surface area contributed by atoms with Gasteiger partial charge in [0, 0.05) is 12.5 Å². The van der Waals surface area contributed by atoms with Gasteiger partial charge in [-0.1, -0.05) is 25.1 Å². The number of Topliss-reactive ketones (excluding diaryl/α,β-unsaturated/α-hetero) is 2. The first kappa shape index (κ1) is 20.3. The average molecular weight is 367 g/mol. The number of aromatic nitrogens is 2. The van der Waals surface area contributed by atoms with Crippen LogP contribution in [-0.4, -0.2) is 28.6 Å². The third-order valence-corrected chi connectivity index (χ3v) is 4.18. The van der Waals surface area contributed by atoms with Crippen LogP contribution >= 0.6 is 0 Å². The first-order valence-electron chi connectivity index (χ1n) is 8.81. The van der Waals surface area contributed by atoms with E-state index in [2.05, 4.69) is 21.9 Å². The Labute approximate surface area is 159 Å². The third-order valence-electron chi connectivity index (χ3n) is 4.18. The molecule has 1 aromatic heterocycles. The van der Waals surface area contributed by atoms with Gasteiger partial charge in [-0.2, -0.15) is 0 Å². The molecule has 142 valence electrons. The molecule has 0 radical (unpaired) electrons. The van der Waals surface area contributed by atoms with E-state index in [0.717, 1.165) is 11.3 Å². The highest BCUT2D eigenvalue weighted by molar-refractivity contribution is 6.09. The number of anilines is 1. The zero-order valence-electron chi connectivity index (χ0n) is 16.0. The van der Waals surface area contributed by atoms with Crippen molar-refractivity contribution in [3.05, 3.63) is 60.1 Å². The summed E-state index contributed by atoms with van der Waals surface area (Å²) in [5.74, 6) is 0.469. The van der Waals surface area contributed by atoms with E-state index < -0.39 is 0 Å². The molecule has 0 saturated heterocycles. The molecule has 0 aliphatic rings. The molecule has 1 aromatic carbocycles. The summed E-state index contributed by atoms with van der Waals surface area (Å²) in [5, 5.41) is 3.14. The van der Waals surface area contributed by atoms with E-state index in [4.69, 9.17) is 4.74 Å². The summed E-state index contributed by atoms with van der Waals surface area (Å²) in [7, 11) is 1.62. The second-order valence-electron chi connectivity index (χ2n) is 6.40. The lowest BCUT2D eigenvalue weighted by Gasteiger charge is -2.12. The summed E-state index contributed by atoms with van der Waals surface area (Å²) < 4.78 is 5.14. The van der Waals surface area contributed by atoms with Crippen molar-refractivity contribution in [2.45, 2.75) is 33.2 Å². The van der Waals surface area contributed by atoms with Crippen molar-refractivity contribution in [3.8, 4) is 5.75 Å². The molecule has 0 saturated carbocycles. The minimum absolute atomic E-state index is 0.121. The largest absolute Gasteiger partial charge is 0.497 e. The van der Waals surface area contributed by atoms with Crippen LogP contribution in [0.15, 0.2) is 43.1 Å². The van der Waals surface area contributed by atoms with Gasteiger partial charge < -0.3 is 10.1 Å². The van der Waals surface area contributed by atoms with Gasteiger partial charge >= 0.3 is 0 Å². The van der Waals surface area contributed by atoms with Crippen LogP contribution in [0.5, 0.6) is 5.75 Å². The zero-order chi connectivity index (χ0) is 19.8. The Bertz CT molecular complexity index is 816. The summed E-state index contributed by atoms with van der Waals surface area (Å²) in [5.41, 5.74) is 1.83. The Hall–Kier alpha value is -3.02. The normalized spacial score (nSPS) is 11.5. The molecule has 1 heterocycles. The summed E-state index contributed by atoms with van der Waals surface area (Å²) >= 11 is 0. The lowest BCUT2D eigenvalue weighted by Crippen LogP contribution is -2.18. The Kier molecular flexibility index (Phi) is 7.23. The number of benzene rings is 1. The molecular formula is C21H25N3O3. The fourth-order valence-corrected chi connectivity index (χ4v) is 2.53. The highest BCUT2D eigenvalue weighted by Crippen LogP contribution is 2.17. The van der Waals surface area contributed by atoms with Crippen LogP contribution in [0.1, 0.15) is 41.5 Å². The summed E-state index contributed by atoms with van der Waals surface area (Å²) in [6.07, 6.45) is 3.63. The molecule has 1 N–H and O–H groups in total. The molecule has 1 unspecified atom stereocenters. The van der Waals surface area contributed by atoms with Crippen LogP contribution in [0.3, 0.4) is 0 Å². The van der Waals surface area contributed by atoms with Crippen LogP contribution in [0.2, 0.25) is 0 Å². The van der Waals surface area contributed by atoms with Crippen molar-refractivity contribution in [2.24, 2.45) is 5.92 Å². The standard InChI is InChI=1S/C21H25N3O3/c1-5-6-14(2)18(25)11-19(26)20-21(22-12-15(3)24-20)23-13-16-7-9-17(27-4)10-8-16/h5,7-10,12,14H,1,6,11,13H2,2-4H3,(H,22,23). The first-order valence-corrected chi connectivity index (χ1v) is 8.81. The summed E-state index contributed by atoms with van der Waals surface area (Å²) in [6.45, 7) is 7.66. The molecule has 0 amide bonds. The number of aryl methyl sites for hydroxylation is 1. The van der Waals surface area contributed by atoms with Crippen LogP contribution < -0.4 is 10.1 Å². The summed E-state index contributed by atoms with van der Waals surface area (Å²) in [6, 6.07) is 7.58. The number of nitrogens with one attached hydrogen (secondary N) is 1. The molecule has 0 spiro atoms. The van der Waals surface area contributed by atoms with Gasteiger partial charge in [-0.15, -0.1) is 6.58 Å². The number of allylic oxidation sites excluding steroid dienone is 1. The maximum atomic E-state index is 12.6. The molecule has 1 atom stereocenters. The van der Waals surface area contributed by atoms with Gasteiger partial charge in [0.25, 0.3) is 0 Å². The van der Waals surface area contributed by atoms with Gasteiger partial charge in [-0.05, 0) is 31.0 Å². The average Bonchev–Trinajstić information content (AvgIpc) is 2.67. The highest BCUT2D eigenvalue weighted by atomic mass is 16.5. The molecule has 27 heavy (non-hydrogen) atoms. The number of rotatable bonds is 10. The smallest absolute Gasteiger partial charge is 0.192 e. The van der Waals surface area contributed by atoms with Crippen molar-refractivity contribution in [3.63, 3.8) is 0 Å². The van der Waals surface area contributed by atoms with E-state index >= 15 is 0 Å². The SMILES string of the molecule is C=CCC(C)C(=O)CC(=O)c1nc(C)cnc1NCc1ccc(OC)cc1. The van der Waals surface area contributed by atoms with E-state index in [1.54, 1.807) is 33.2 Å². The van der Waals surface area contributed by atoms with Crippen LogP contribution in [0, 0.1) is 12.8 Å². The van der Waals surface area contributed by atoms with E-state index in [1.807, 2.05) is 24.3 Å². The number of nitrogens with zero attached hydrogens (tertiary/aromatic N) is 2. The molecular weight excluding hydrogens is 342 g/mol. The molecule has 6 heteroatoms. The highest BCUT2D eigenvalue weighted by Gasteiger charge is 2.21. The second-order valence-corrected chi connectivity index (χ2v) is 6.40. The first-order chi connectivity index (χ1) is 12.9. The Morgan fingerprint density at radius 3 is 2.63 bits per heavy atom. The molecule has 0 aliphatic heterocycles. The molecule has 0 aliphatic carbocycles. The van der Waals surface area contributed by atoms with Gasteiger partial charge in [0.05, 0.1) is 25.4 Å². The minimum Gasteiger partial charge on any atom is -0.497 e. The van der Waals surface area contributed by atoms with Crippen molar-refractivity contribution in [2.75, 3.05) is 12.4 Å². The zero-order valence-corrected chi connectivity index (χ0v) is 16.0. The van der Waals surface area contributed by atoms with Crippen LogP contribution in [0.25, 0.3) is 0 Å². The predicted molar refractivity (Wildman–Crippen MR) is 105 cm³/mol. The van der Waals surface area contributed by atoms with Crippen LogP contribution in [0.4, 0.5) is 5.82 Å². The Morgan fingerprint density at radius 1 is 1.30 bits per heavy atom. The molecule has 2 aromatic rings. The number of ether oxygens (including phenoxy) is 1. The van der Waals surface area contributed by atoms with E-state index in [9.17, 15) is 9.59 Å². The number of ketones is 2. The molecule has 6 nitrogen and oxygen atoms in total. The lowest BCUT2D eigenvalue weighted by atomic mass is 9.97. The van der Waals surface area contributed by atoms with Crippen molar-refractivity contribution >= 4 is 17.4 Å². The Balaban J connectivity index is 2.11. The van der Waals surface area contributed by atoms with E-state index in [-0.39, 0.29) is 29.6 Å². The van der Waals surface area contributed by atoms with Gasteiger partial charge in [0.2, 0.25) is 0 Å². The van der Waals surface area contributed by atoms with E-state index in [0.29, 0.717) is 24.5 Å². The monoisotopic (exact) mass is 367 g/mol. The van der Waals surface area contributed by atoms with Gasteiger partial charge in [-0.25, -0.2) is 9.97 Å². The molecule has 0 bridgehead atoms. The predicted octanol–water partition coefficient (Wildman–Crippen LogP) is 3.76. The maximum absolute atomic E-state index is 12.6. The number of hydrogen-bond donors (Lipinski definition) is 1. The quantitative estimate of drug-likeness (QED) is 0.391. The number of hydrogen-bond acceptors (Lipinski definition) is 6. The fraction of sp³-hybridized carbons (Fsp3) is 0.333. The fourth-order valence-electron chi connectivity index (χ4n) is 2.53. The van der Waals surface area contributed by atoms with Gasteiger partial charge in [-0.3, -0.25) is 9.59 Å². The van der Waals surface area contributed by atoms with Crippen molar-refractivity contribution < 1.29 is 14.3 Å². The Morgan fingerprint density at radius 2 is 2.00 bits per heavy atom. The topological polar surface area (TPSA) is 81.2 Å². The van der Waals surface area contributed by atoms with Crippen LogP contribution in [-0.2, 0) is 11.3 Å². The van der Waals surface area contributed by atoms with Crippen molar-refractivity contribution in [1.82, 2.24) is 9.97 Å². The van der Waals surface area contributed by atoms with E-state index in [1.165, 1.54) is 0 Å². The minimum atomic E-state index is -0.329. The summed E-state index contributed by atoms with van der Waals surface area (Å²) in [4.78, 5) is 33.4. The van der Waals surface area contributed by atoms with Gasteiger partial charge in [0.1, 0.15) is 17.2 Å². The number of methoxy groups -OCH3 is 1. The molecule has 0 fully saturated rings. The van der Waals surface area contributed by atoms with Gasteiger partial charge in [0.15, 0.2) is 11.6 Å². The number of carbonyl (C=O) groups excluding carboxylic acids is 2. The molecule has 2 rings (SSSR count). The van der Waals surface area contributed by atoms with Crippen molar-refractivity contribution in [1.29, 1.82) is 0 Å². The second kappa shape index (κ2) is 9.62. The maximum Gasteiger partial charge on any atom is 0.192 e. The third kappa shape index (κ3) is 5.74.